The molecule has 0 N–H and O–H groups in total. The van der Waals surface area contributed by atoms with Crippen molar-refractivity contribution in [3.8, 4) is 0 Å². The van der Waals surface area contributed by atoms with Gasteiger partial charge < -0.3 is 19.3 Å². The Morgan fingerprint density at radius 1 is 0.625 bits per heavy atom. The molecule has 0 aliphatic heterocycles. The predicted molar refractivity (Wildman–Crippen MR) is 96.2 cm³/mol. The van der Waals surface area contributed by atoms with E-state index in [-0.39, 0.29) is 12.2 Å². The summed E-state index contributed by atoms with van der Waals surface area (Å²) in [5.41, 5.74) is 0. The van der Waals surface area contributed by atoms with Crippen LogP contribution in [0.15, 0.2) is 0 Å². The molecule has 2 amide bonds. The number of nitrogens with zero attached hydrogens (tertiary/aromatic N) is 2. The predicted octanol–water partition coefficient (Wildman–Crippen LogP) is 4.28. The summed E-state index contributed by atoms with van der Waals surface area (Å²) in [7, 11) is 0. The first-order valence-corrected chi connectivity index (χ1v) is 9.43. The molecule has 0 aromatic carbocycles. The molecule has 0 unspecified atom stereocenters. The molecule has 0 aliphatic rings. The molecule has 0 aromatic heterocycles. The van der Waals surface area contributed by atoms with Gasteiger partial charge in [0.15, 0.2) is 0 Å². The lowest BCUT2D eigenvalue weighted by Crippen LogP contribution is -2.33. The summed E-state index contributed by atoms with van der Waals surface area (Å²) >= 11 is 0. The fourth-order valence-electron chi connectivity index (χ4n) is 2.52. The average molecular weight is 344 g/mol. The van der Waals surface area contributed by atoms with Crippen LogP contribution in [-0.2, 0) is 9.47 Å². The quantitative estimate of drug-likeness (QED) is 0.468. The Bertz CT molecular complexity index is 305. The van der Waals surface area contributed by atoms with E-state index in [1.807, 2.05) is 13.8 Å². The summed E-state index contributed by atoms with van der Waals surface area (Å²) in [4.78, 5) is 27.2. The molecule has 0 fully saturated rings. The van der Waals surface area contributed by atoms with E-state index in [1.165, 1.54) is 0 Å². The first-order valence-electron chi connectivity index (χ1n) is 9.43. The minimum Gasteiger partial charge on any atom is -0.450 e. The summed E-state index contributed by atoms with van der Waals surface area (Å²) in [6.45, 7) is 11.6. The van der Waals surface area contributed by atoms with Crippen LogP contribution in [0.2, 0.25) is 0 Å². The van der Waals surface area contributed by atoms with Crippen LogP contribution >= 0.6 is 0 Å². The lowest BCUT2D eigenvalue weighted by atomic mass is 10.2. The summed E-state index contributed by atoms with van der Waals surface area (Å²) in [5, 5.41) is 0. The molecule has 0 spiro atoms. The van der Waals surface area contributed by atoms with Crippen molar-refractivity contribution in [2.75, 3.05) is 39.4 Å². The SMILES string of the molecule is CCCN(CCCCCCN(CCC)C(=O)OCC)C(=O)OCC. The maximum atomic E-state index is 11.8. The molecule has 0 saturated carbocycles. The van der Waals surface area contributed by atoms with Gasteiger partial charge in [0.1, 0.15) is 0 Å². The van der Waals surface area contributed by atoms with Crippen molar-refractivity contribution in [1.82, 2.24) is 9.80 Å². The van der Waals surface area contributed by atoms with Crippen LogP contribution in [0.5, 0.6) is 0 Å². The van der Waals surface area contributed by atoms with E-state index in [2.05, 4.69) is 13.8 Å². The van der Waals surface area contributed by atoms with Crippen LogP contribution in [0.1, 0.15) is 66.2 Å². The Hall–Kier alpha value is -1.46. The minimum absolute atomic E-state index is 0.212. The molecular weight excluding hydrogens is 308 g/mol. The third-order valence-corrected chi connectivity index (χ3v) is 3.65. The van der Waals surface area contributed by atoms with Crippen molar-refractivity contribution in [3.05, 3.63) is 0 Å². The van der Waals surface area contributed by atoms with Gasteiger partial charge in [0.25, 0.3) is 0 Å². The smallest absolute Gasteiger partial charge is 0.409 e. The average Bonchev–Trinajstić information content (AvgIpc) is 2.56. The van der Waals surface area contributed by atoms with Crippen LogP contribution in [0.3, 0.4) is 0 Å². The van der Waals surface area contributed by atoms with Crippen molar-refractivity contribution in [2.45, 2.75) is 66.2 Å². The van der Waals surface area contributed by atoms with E-state index in [4.69, 9.17) is 9.47 Å². The molecule has 0 saturated heterocycles. The number of ether oxygens (including phenoxy) is 2. The van der Waals surface area contributed by atoms with Crippen molar-refractivity contribution in [3.63, 3.8) is 0 Å². The molecule has 0 aromatic rings. The zero-order chi connectivity index (χ0) is 18.2. The second kappa shape index (κ2) is 15.1. The molecule has 0 aliphatic carbocycles. The largest absolute Gasteiger partial charge is 0.450 e. The highest BCUT2D eigenvalue weighted by molar-refractivity contribution is 5.67. The van der Waals surface area contributed by atoms with E-state index < -0.39 is 0 Å². The van der Waals surface area contributed by atoms with Gasteiger partial charge in [-0.3, -0.25) is 0 Å². The van der Waals surface area contributed by atoms with Gasteiger partial charge in [0.2, 0.25) is 0 Å². The Labute approximate surface area is 147 Å². The van der Waals surface area contributed by atoms with E-state index in [0.717, 1.165) is 64.7 Å². The normalized spacial score (nSPS) is 10.3. The number of hydrogen-bond donors (Lipinski definition) is 0. The van der Waals surface area contributed by atoms with Gasteiger partial charge in [-0.1, -0.05) is 26.7 Å². The zero-order valence-electron chi connectivity index (χ0n) is 16.0. The van der Waals surface area contributed by atoms with Crippen molar-refractivity contribution < 1.29 is 19.1 Å². The second-order valence-electron chi connectivity index (χ2n) is 5.79. The van der Waals surface area contributed by atoms with Crippen LogP contribution in [-0.4, -0.2) is 61.4 Å². The fourth-order valence-corrected chi connectivity index (χ4v) is 2.52. The van der Waals surface area contributed by atoms with E-state index >= 15 is 0 Å². The van der Waals surface area contributed by atoms with Gasteiger partial charge in [-0.15, -0.1) is 0 Å². The molecule has 6 heteroatoms. The summed E-state index contributed by atoms with van der Waals surface area (Å²) < 4.78 is 10.1. The van der Waals surface area contributed by atoms with Crippen LogP contribution in [0, 0.1) is 0 Å². The highest BCUT2D eigenvalue weighted by Crippen LogP contribution is 2.07. The summed E-state index contributed by atoms with van der Waals surface area (Å²) in [5.74, 6) is 0. The van der Waals surface area contributed by atoms with E-state index in [9.17, 15) is 9.59 Å². The number of rotatable bonds is 13. The van der Waals surface area contributed by atoms with Crippen molar-refractivity contribution in [1.29, 1.82) is 0 Å². The maximum absolute atomic E-state index is 11.8. The van der Waals surface area contributed by atoms with E-state index in [1.54, 1.807) is 9.80 Å². The van der Waals surface area contributed by atoms with Gasteiger partial charge in [0.05, 0.1) is 13.2 Å². The van der Waals surface area contributed by atoms with Crippen molar-refractivity contribution >= 4 is 12.2 Å². The van der Waals surface area contributed by atoms with Gasteiger partial charge in [-0.25, -0.2) is 9.59 Å². The standard InChI is InChI=1S/C18H36N2O4/c1-5-13-19(17(21)23-7-3)15-11-9-10-12-16-20(14-6-2)18(22)24-8-4/h5-16H2,1-4H3. The highest BCUT2D eigenvalue weighted by Gasteiger charge is 2.14. The van der Waals surface area contributed by atoms with Crippen molar-refractivity contribution in [2.24, 2.45) is 0 Å². The number of amides is 2. The second-order valence-corrected chi connectivity index (χ2v) is 5.79. The molecule has 0 rings (SSSR count). The monoisotopic (exact) mass is 344 g/mol. The summed E-state index contributed by atoms with van der Waals surface area (Å²) in [6, 6.07) is 0. The third-order valence-electron chi connectivity index (χ3n) is 3.65. The highest BCUT2D eigenvalue weighted by atomic mass is 16.6. The Balaban J connectivity index is 3.96. The molecule has 0 radical (unpaired) electrons. The van der Waals surface area contributed by atoms with Gasteiger partial charge in [-0.05, 0) is 39.5 Å². The number of unbranched alkanes of at least 4 members (excludes halogenated alkanes) is 3. The number of carbonyl (C=O) groups excluding carboxylic acids is 2. The van der Waals surface area contributed by atoms with E-state index in [0.29, 0.717) is 13.2 Å². The molecule has 0 atom stereocenters. The van der Waals surface area contributed by atoms with Gasteiger partial charge in [-0.2, -0.15) is 0 Å². The molecule has 24 heavy (non-hydrogen) atoms. The van der Waals surface area contributed by atoms with Crippen LogP contribution < -0.4 is 0 Å². The topological polar surface area (TPSA) is 59.1 Å². The van der Waals surface area contributed by atoms with Gasteiger partial charge in [0, 0.05) is 26.2 Å². The van der Waals surface area contributed by atoms with Crippen LogP contribution in [0.4, 0.5) is 9.59 Å². The lowest BCUT2D eigenvalue weighted by Gasteiger charge is -2.22. The molecule has 142 valence electrons. The van der Waals surface area contributed by atoms with Crippen LogP contribution in [0.25, 0.3) is 0 Å². The number of carbonyl (C=O) groups is 2. The Morgan fingerprint density at radius 2 is 1.00 bits per heavy atom. The first-order chi connectivity index (χ1) is 11.6. The fraction of sp³-hybridized carbons (Fsp3) is 0.889. The molecule has 0 bridgehead atoms. The Morgan fingerprint density at radius 3 is 1.29 bits per heavy atom. The summed E-state index contributed by atoms with van der Waals surface area (Å²) in [6.07, 6.45) is 5.46. The molecule has 6 nitrogen and oxygen atoms in total. The molecule has 0 heterocycles. The molecular formula is C18H36N2O4. The maximum Gasteiger partial charge on any atom is 0.409 e. The third kappa shape index (κ3) is 10.3. The number of hydrogen-bond acceptors (Lipinski definition) is 4. The zero-order valence-corrected chi connectivity index (χ0v) is 16.0. The Kier molecular flexibility index (Phi) is 14.2. The van der Waals surface area contributed by atoms with Gasteiger partial charge >= 0.3 is 12.2 Å². The minimum atomic E-state index is -0.212. The first kappa shape index (κ1) is 22.5. The lowest BCUT2D eigenvalue weighted by molar-refractivity contribution is 0.104.